The molecule has 6 heteroatoms. The van der Waals surface area contributed by atoms with Crippen LogP contribution in [-0.4, -0.2) is 15.9 Å². The molecule has 0 atom stereocenters. The number of hydrogen-bond donors (Lipinski definition) is 1. The third kappa shape index (κ3) is 7.19. The van der Waals surface area contributed by atoms with Gasteiger partial charge in [-0.1, -0.05) is 104 Å². The van der Waals surface area contributed by atoms with Crippen molar-refractivity contribution >= 4 is 69.5 Å². The van der Waals surface area contributed by atoms with E-state index in [4.69, 9.17) is 4.98 Å². The molecule has 0 saturated carbocycles. The second-order valence-electron chi connectivity index (χ2n) is 14.2. The Hall–Kier alpha value is -2.89. The zero-order valence-corrected chi connectivity index (χ0v) is 33.7. The zero-order valence-electron chi connectivity index (χ0n) is 29.7. The Bertz CT molecular complexity index is 2090. The Balaban J connectivity index is 0.000000251. The number of nitrogens with zero attached hydrogens (tertiary/aromatic N) is 1. The van der Waals surface area contributed by atoms with Gasteiger partial charge in [-0.05, 0) is 64.8 Å². The summed E-state index contributed by atoms with van der Waals surface area (Å²) in [5.41, 5.74) is 2.89. The van der Waals surface area contributed by atoms with Crippen LogP contribution in [0.15, 0.2) is 78.0 Å². The fourth-order valence-corrected chi connectivity index (χ4v) is 8.33. The molecule has 0 saturated heterocycles. The van der Waals surface area contributed by atoms with Crippen molar-refractivity contribution in [2.24, 2.45) is 10.8 Å². The van der Waals surface area contributed by atoms with Crippen LogP contribution in [0.3, 0.4) is 0 Å². The number of fused-ring (bicyclic) bond motifs is 6. The standard InChI is InChI=1S/C27H20NS2.C15H28O2.Ir/c1-27(2,3)21-15-18(14-17-6-4-5-7-19(17)21)24-23-20-9-8-16-11-13-29-25(16)26(20)30-22(23)10-12-28-24;1-7-14(5,8-2)12(16)11-13(17)15(6,9-3)10-4;/h4-13,15H,1-3H3;11,16H,7-10H2,1-6H3;/q-1;;/b;12-11-;. The summed E-state index contributed by atoms with van der Waals surface area (Å²) in [7, 11) is 0. The van der Waals surface area contributed by atoms with E-state index in [0.717, 1.165) is 42.3 Å². The van der Waals surface area contributed by atoms with E-state index in [1.54, 1.807) is 0 Å². The zero-order chi connectivity index (χ0) is 34.1. The van der Waals surface area contributed by atoms with Crippen LogP contribution in [0.4, 0.5) is 0 Å². The number of aliphatic hydroxyl groups excluding tert-OH is 1. The molecule has 1 radical (unpaired) electrons. The number of aliphatic hydroxyl groups is 1. The van der Waals surface area contributed by atoms with Crippen LogP contribution in [0.5, 0.6) is 0 Å². The van der Waals surface area contributed by atoms with E-state index in [9.17, 15) is 9.90 Å². The number of ketones is 1. The molecule has 3 aromatic heterocycles. The molecule has 6 rings (SSSR count). The third-order valence-corrected chi connectivity index (χ3v) is 12.7. The Morgan fingerprint density at radius 1 is 0.854 bits per heavy atom. The van der Waals surface area contributed by atoms with Crippen LogP contribution < -0.4 is 0 Å². The number of pyridine rings is 1. The molecule has 1 N–H and O–H groups in total. The fraction of sp³-hybridized carbons (Fsp3) is 0.381. The molecule has 0 aliphatic heterocycles. The van der Waals surface area contributed by atoms with Crippen LogP contribution in [0.2, 0.25) is 0 Å². The minimum absolute atomic E-state index is 0. The second-order valence-corrected chi connectivity index (χ2v) is 16.2. The number of benzene rings is 3. The Morgan fingerprint density at radius 3 is 2.17 bits per heavy atom. The third-order valence-electron chi connectivity index (χ3n) is 10.4. The van der Waals surface area contributed by atoms with Gasteiger partial charge < -0.3 is 5.11 Å². The topological polar surface area (TPSA) is 50.2 Å². The summed E-state index contributed by atoms with van der Waals surface area (Å²) in [5, 5.41) is 18.6. The largest absolute Gasteiger partial charge is 0.512 e. The van der Waals surface area contributed by atoms with Gasteiger partial charge in [-0.15, -0.1) is 51.8 Å². The molecule has 255 valence electrons. The monoisotopic (exact) mass is 855 g/mol. The van der Waals surface area contributed by atoms with Gasteiger partial charge in [-0.2, -0.15) is 0 Å². The summed E-state index contributed by atoms with van der Waals surface area (Å²) in [6.45, 7) is 18.9. The van der Waals surface area contributed by atoms with E-state index in [2.05, 4.69) is 86.8 Å². The molecule has 0 fully saturated rings. The number of rotatable bonds is 8. The maximum atomic E-state index is 12.2. The van der Waals surface area contributed by atoms with Gasteiger partial charge in [0.2, 0.25) is 0 Å². The first kappa shape index (κ1) is 37.9. The van der Waals surface area contributed by atoms with E-state index >= 15 is 0 Å². The van der Waals surface area contributed by atoms with Gasteiger partial charge >= 0.3 is 0 Å². The molecule has 3 nitrogen and oxygen atoms in total. The maximum absolute atomic E-state index is 12.2. The number of thiophene rings is 2. The van der Waals surface area contributed by atoms with Gasteiger partial charge in [0.1, 0.15) is 5.76 Å². The Labute approximate surface area is 307 Å². The Kier molecular flexibility index (Phi) is 11.8. The fourth-order valence-electron chi connectivity index (χ4n) is 6.07. The molecule has 3 heterocycles. The van der Waals surface area contributed by atoms with Gasteiger partial charge in [-0.3, -0.25) is 9.78 Å². The Morgan fingerprint density at radius 2 is 1.52 bits per heavy atom. The van der Waals surface area contributed by atoms with E-state index in [1.807, 2.05) is 70.4 Å². The molecule has 0 aliphatic rings. The molecule has 0 spiro atoms. The quantitative estimate of drug-likeness (QED) is 0.0943. The average Bonchev–Trinajstić information content (AvgIpc) is 3.71. The second kappa shape index (κ2) is 14.9. The first-order chi connectivity index (χ1) is 22.3. The van der Waals surface area contributed by atoms with Crippen LogP contribution in [0.25, 0.3) is 52.3 Å². The molecule has 48 heavy (non-hydrogen) atoms. The number of carbonyl (C=O) groups excluding carboxylic acids is 1. The number of aromatic nitrogens is 1. The summed E-state index contributed by atoms with van der Waals surface area (Å²) in [6, 6.07) is 23.4. The van der Waals surface area contributed by atoms with E-state index < -0.39 is 0 Å². The maximum Gasteiger partial charge on any atom is 0.164 e. The van der Waals surface area contributed by atoms with Gasteiger partial charge in [0.25, 0.3) is 0 Å². The van der Waals surface area contributed by atoms with Gasteiger partial charge in [0, 0.05) is 53.6 Å². The van der Waals surface area contributed by atoms with Gasteiger partial charge in [0.05, 0.1) is 9.40 Å². The summed E-state index contributed by atoms with van der Waals surface area (Å²) >= 11 is 3.70. The van der Waals surface area contributed by atoms with Gasteiger partial charge in [-0.25, -0.2) is 0 Å². The molecule has 6 aromatic rings. The van der Waals surface area contributed by atoms with Crippen LogP contribution >= 0.6 is 22.7 Å². The van der Waals surface area contributed by atoms with Crippen molar-refractivity contribution in [2.75, 3.05) is 0 Å². The first-order valence-electron chi connectivity index (χ1n) is 16.9. The predicted octanol–water partition coefficient (Wildman–Crippen LogP) is 13.2. The number of carbonyl (C=O) groups is 1. The van der Waals surface area contributed by atoms with Crippen molar-refractivity contribution in [2.45, 2.75) is 93.4 Å². The molecular formula is C42H48IrNO2S2-. The number of allylic oxidation sites excluding steroid dienone is 2. The first-order valence-corrected chi connectivity index (χ1v) is 18.6. The average molecular weight is 855 g/mol. The smallest absolute Gasteiger partial charge is 0.164 e. The van der Waals surface area contributed by atoms with Crippen molar-refractivity contribution in [3.05, 3.63) is 89.6 Å². The minimum Gasteiger partial charge on any atom is -0.512 e. The summed E-state index contributed by atoms with van der Waals surface area (Å²) in [6.07, 6.45) is 6.70. The van der Waals surface area contributed by atoms with Crippen LogP contribution in [0, 0.1) is 16.9 Å². The SMILES string of the molecule is CC(C)(C)c1cc(-c2nccc3sc4c(ccc5ccsc54)c23)[c-]c2ccccc12.CCC(C)(CC)C(=O)/C=C(\O)C(C)(CC)CC.[Ir]. The van der Waals surface area contributed by atoms with Crippen molar-refractivity contribution in [1.82, 2.24) is 4.98 Å². The van der Waals surface area contributed by atoms with Crippen molar-refractivity contribution in [1.29, 1.82) is 0 Å². The van der Waals surface area contributed by atoms with Crippen molar-refractivity contribution < 1.29 is 30.0 Å². The minimum atomic E-state index is -0.337. The molecular weight excluding hydrogens is 807 g/mol. The summed E-state index contributed by atoms with van der Waals surface area (Å²) in [4.78, 5) is 17.1. The molecule has 3 aromatic carbocycles. The molecule has 0 amide bonds. The predicted molar refractivity (Wildman–Crippen MR) is 206 cm³/mol. The van der Waals surface area contributed by atoms with E-state index in [0.29, 0.717) is 0 Å². The van der Waals surface area contributed by atoms with Crippen molar-refractivity contribution in [3.63, 3.8) is 0 Å². The summed E-state index contributed by atoms with van der Waals surface area (Å²) < 4.78 is 4.02. The molecule has 0 aliphatic carbocycles. The van der Waals surface area contributed by atoms with Gasteiger partial charge in [0.15, 0.2) is 5.78 Å². The summed E-state index contributed by atoms with van der Waals surface area (Å²) in [5.74, 6) is 0.286. The van der Waals surface area contributed by atoms with Crippen LogP contribution in [-0.2, 0) is 30.3 Å². The number of hydrogen-bond acceptors (Lipinski definition) is 5. The van der Waals surface area contributed by atoms with Crippen molar-refractivity contribution in [3.8, 4) is 11.3 Å². The molecule has 0 unspecified atom stereocenters. The van der Waals surface area contributed by atoms with E-state index in [1.165, 1.54) is 47.3 Å². The molecule has 0 bridgehead atoms. The normalized spacial score (nSPS) is 12.7. The van der Waals surface area contributed by atoms with Crippen LogP contribution in [0.1, 0.15) is 93.6 Å². The van der Waals surface area contributed by atoms with E-state index in [-0.39, 0.29) is 47.9 Å².